The second-order valence-electron chi connectivity index (χ2n) is 5.53. The Hall–Kier alpha value is -2.51. The Labute approximate surface area is 166 Å². The molecule has 0 saturated carbocycles. The highest BCUT2D eigenvalue weighted by atomic mass is 35.5. The normalized spacial score (nSPS) is 10.6. The summed E-state index contributed by atoms with van der Waals surface area (Å²) >= 11 is 7.20. The molecule has 140 valence electrons. The van der Waals surface area contributed by atoms with E-state index < -0.39 is 0 Å². The Balaban J connectivity index is 1.49. The molecule has 0 spiro atoms. The molecule has 6 nitrogen and oxygen atoms in total. The average molecular weight is 404 g/mol. The molecule has 0 aliphatic rings. The lowest BCUT2D eigenvalue weighted by molar-refractivity contribution is -0.113. The number of para-hydroxylation sites is 2. The standard InChI is InChI=1S/C19H18ClN3O3S/c1-2-13-7-3-5-9-15(13)21-17(24)12-27-19-23-22-18(26-19)11-25-16-10-6-4-8-14(16)20/h3-10H,2,11-12H2,1H3,(H,21,24). The van der Waals surface area contributed by atoms with Gasteiger partial charge in [0, 0.05) is 5.69 Å². The number of nitrogens with zero attached hydrogens (tertiary/aromatic N) is 2. The number of rotatable bonds is 8. The molecule has 3 rings (SSSR count). The molecular weight excluding hydrogens is 386 g/mol. The number of aryl methyl sites for hydroxylation is 1. The first-order chi connectivity index (χ1) is 13.2. The molecule has 1 heterocycles. The van der Waals surface area contributed by atoms with Gasteiger partial charge in [-0.2, -0.15) is 0 Å². The van der Waals surface area contributed by atoms with Gasteiger partial charge >= 0.3 is 0 Å². The quantitative estimate of drug-likeness (QED) is 0.554. The largest absolute Gasteiger partial charge is 0.482 e. The Morgan fingerprint density at radius 2 is 1.96 bits per heavy atom. The van der Waals surface area contributed by atoms with Crippen LogP contribution in [0.15, 0.2) is 58.2 Å². The van der Waals surface area contributed by atoms with Crippen LogP contribution in [-0.2, 0) is 17.8 Å². The van der Waals surface area contributed by atoms with Crippen molar-refractivity contribution in [3.8, 4) is 5.75 Å². The summed E-state index contributed by atoms with van der Waals surface area (Å²) in [5, 5.41) is 11.6. The number of aromatic nitrogens is 2. The number of benzene rings is 2. The zero-order valence-electron chi connectivity index (χ0n) is 14.6. The monoisotopic (exact) mass is 403 g/mol. The molecule has 0 unspecified atom stereocenters. The number of thioether (sulfide) groups is 1. The number of hydrogen-bond donors (Lipinski definition) is 1. The minimum Gasteiger partial charge on any atom is -0.482 e. The highest BCUT2D eigenvalue weighted by Crippen LogP contribution is 2.24. The van der Waals surface area contributed by atoms with E-state index in [9.17, 15) is 4.79 Å². The maximum absolute atomic E-state index is 12.1. The van der Waals surface area contributed by atoms with Gasteiger partial charge in [-0.05, 0) is 30.2 Å². The summed E-state index contributed by atoms with van der Waals surface area (Å²) in [6, 6.07) is 14.9. The van der Waals surface area contributed by atoms with Crippen LogP contribution in [0.2, 0.25) is 5.02 Å². The Bertz CT molecular complexity index is 916. The van der Waals surface area contributed by atoms with Gasteiger partial charge < -0.3 is 14.5 Å². The van der Waals surface area contributed by atoms with Crippen LogP contribution in [0.5, 0.6) is 5.75 Å². The molecule has 1 N–H and O–H groups in total. The van der Waals surface area contributed by atoms with Crippen LogP contribution in [0.1, 0.15) is 18.4 Å². The molecule has 1 amide bonds. The summed E-state index contributed by atoms with van der Waals surface area (Å²) in [6.45, 7) is 2.15. The van der Waals surface area contributed by atoms with Crippen molar-refractivity contribution in [2.24, 2.45) is 0 Å². The summed E-state index contributed by atoms with van der Waals surface area (Å²) in [6.07, 6.45) is 0.849. The molecule has 0 atom stereocenters. The van der Waals surface area contributed by atoms with Gasteiger partial charge in [-0.3, -0.25) is 4.79 Å². The average Bonchev–Trinajstić information content (AvgIpc) is 3.14. The van der Waals surface area contributed by atoms with E-state index in [0.717, 1.165) is 17.7 Å². The number of carbonyl (C=O) groups excluding carboxylic acids is 1. The fourth-order valence-electron chi connectivity index (χ4n) is 2.32. The Morgan fingerprint density at radius 1 is 1.19 bits per heavy atom. The first-order valence-electron chi connectivity index (χ1n) is 8.36. The van der Waals surface area contributed by atoms with Crippen LogP contribution in [0.3, 0.4) is 0 Å². The van der Waals surface area contributed by atoms with Crippen molar-refractivity contribution in [2.75, 3.05) is 11.1 Å². The number of carbonyl (C=O) groups is 1. The zero-order chi connectivity index (χ0) is 19.1. The molecule has 0 aliphatic heterocycles. The maximum atomic E-state index is 12.1. The van der Waals surface area contributed by atoms with E-state index in [2.05, 4.69) is 15.5 Å². The van der Waals surface area contributed by atoms with Crippen LogP contribution < -0.4 is 10.1 Å². The minimum absolute atomic E-state index is 0.105. The summed E-state index contributed by atoms with van der Waals surface area (Å²) < 4.78 is 11.0. The van der Waals surface area contributed by atoms with Gasteiger partial charge in [0.05, 0.1) is 10.8 Å². The van der Waals surface area contributed by atoms with E-state index in [1.165, 1.54) is 11.8 Å². The van der Waals surface area contributed by atoms with E-state index in [1.54, 1.807) is 12.1 Å². The highest BCUT2D eigenvalue weighted by molar-refractivity contribution is 7.99. The molecule has 0 fully saturated rings. The van der Waals surface area contributed by atoms with E-state index in [1.807, 2.05) is 43.3 Å². The van der Waals surface area contributed by atoms with Gasteiger partial charge in [0.1, 0.15) is 5.75 Å². The van der Waals surface area contributed by atoms with Crippen molar-refractivity contribution in [1.82, 2.24) is 10.2 Å². The molecule has 0 aliphatic carbocycles. The van der Waals surface area contributed by atoms with Gasteiger partial charge in [0.25, 0.3) is 11.1 Å². The Kier molecular flexibility index (Phi) is 6.73. The van der Waals surface area contributed by atoms with Gasteiger partial charge in [0.2, 0.25) is 5.91 Å². The van der Waals surface area contributed by atoms with E-state index in [4.69, 9.17) is 20.8 Å². The molecule has 1 aromatic heterocycles. The van der Waals surface area contributed by atoms with Crippen molar-refractivity contribution in [2.45, 2.75) is 25.2 Å². The second kappa shape index (κ2) is 9.43. The number of nitrogens with one attached hydrogen (secondary N) is 1. The number of halogens is 1. The van der Waals surface area contributed by atoms with Crippen LogP contribution in [-0.4, -0.2) is 21.9 Å². The lowest BCUT2D eigenvalue weighted by Crippen LogP contribution is -2.15. The molecule has 27 heavy (non-hydrogen) atoms. The number of amides is 1. The lowest BCUT2D eigenvalue weighted by atomic mass is 10.1. The number of anilines is 1. The first-order valence-corrected chi connectivity index (χ1v) is 9.72. The molecule has 0 radical (unpaired) electrons. The van der Waals surface area contributed by atoms with Gasteiger partial charge in [-0.1, -0.05) is 60.6 Å². The fraction of sp³-hybridized carbons (Fsp3) is 0.211. The lowest BCUT2D eigenvalue weighted by Gasteiger charge is -2.08. The highest BCUT2D eigenvalue weighted by Gasteiger charge is 2.12. The third-order valence-electron chi connectivity index (χ3n) is 3.64. The topological polar surface area (TPSA) is 77.2 Å². The van der Waals surface area contributed by atoms with Crippen molar-refractivity contribution >= 4 is 35.0 Å². The molecule has 0 bridgehead atoms. The van der Waals surface area contributed by atoms with E-state index >= 15 is 0 Å². The van der Waals surface area contributed by atoms with Gasteiger partial charge in [-0.25, -0.2) is 0 Å². The first kappa shape index (κ1) is 19.3. The number of hydrogen-bond acceptors (Lipinski definition) is 6. The summed E-state index contributed by atoms with van der Waals surface area (Å²) in [7, 11) is 0. The third kappa shape index (κ3) is 5.48. The third-order valence-corrected chi connectivity index (χ3v) is 4.77. The fourth-order valence-corrected chi connectivity index (χ4v) is 3.09. The van der Waals surface area contributed by atoms with Crippen LogP contribution in [0.4, 0.5) is 5.69 Å². The van der Waals surface area contributed by atoms with Crippen LogP contribution >= 0.6 is 23.4 Å². The minimum atomic E-state index is -0.132. The Morgan fingerprint density at radius 3 is 2.78 bits per heavy atom. The smallest absolute Gasteiger partial charge is 0.277 e. The molecule has 0 saturated heterocycles. The van der Waals surface area contributed by atoms with E-state index in [0.29, 0.717) is 21.9 Å². The zero-order valence-corrected chi connectivity index (χ0v) is 16.2. The van der Waals surface area contributed by atoms with Crippen molar-refractivity contribution in [3.63, 3.8) is 0 Å². The second-order valence-corrected chi connectivity index (χ2v) is 6.86. The molecule has 2 aromatic carbocycles. The SMILES string of the molecule is CCc1ccccc1NC(=O)CSc1nnc(COc2ccccc2Cl)o1. The number of ether oxygens (including phenoxy) is 1. The maximum Gasteiger partial charge on any atom is 0.277 e. The van der Waals surface area contributed by atoms with Crippen molar-refractivity contribution in [3.05, 3.63) is 65.0 Å². The van der Waals surface area contributed by atoms with Gasteiger partial charge in [0.15, 0.2) is 6.61 Å². The van der Waals surface area contributed by atoms with E-state index in [-0.39, 0.29) is 18.3 Å². The van der Waals surface area contributed by atoms with Crippen LogP contribution in [0, 0.1) is 0 Å². The molecule has 8 heteroatoms. The summed E-state index contributed by atoms with van der Waals surface area (Å²) in [4.78, 5) is 12.1. The summed E-state index contributed by atoms with van der Waals surface area (Å²) in [5.41, 5.74) is 1.91. The predicted octanol–water partition coefficient (Wildman–Crippen LogP) is 4.60. The molecule has 3 aromatic rings. The van der Waals surface area contributed by atoms with Crippen molar-refractivity contribution in [1.29, 1.82) is 0 Å². The summed E-state index contributed by atoms with van der Waals surface area (Å²) in [5.74, 6) is 0.896. The predicted molar refractivity (Wildman–Crippen MR) is 105 cm³/mol. The molecular formula is C19H18ClN3O3S. The van der Waals surface area contributed by atoms with Crippen LogP contribution in [0.25, 0.3) is 0 Å². The van der Waals surface area contributed by atoms with Crippen molar-refractivity contribution < 1.29 is 13.9 Å². The van der Waals surface area contributed by atoms with Gasteiger partial charge in [-0.15, -0.1) is 10.2 Å².